The molecule has 0 saturated carbocycles. The minimum atomic E-state index is -0.990. The second kappa shape index (κ2) is 6.03. The zero-order chi connectivity index (χ0) is 17.5. The minimum Gasteiger partial charge on any atom is -0.465 e. The lowest BCUT2D eigenvalue weighted by atomic mass is 9.73. The van der Waals surface area contributed by atoms with Crippen LogP contribution in [0, 0.1) is 29.1 Å². The highest BCUT2D eigenvalue weighted by molar-refractivity contribution is 6.30. The van der Waals surface area contributed by atoms with Gasteiger partial charge in [0, 0.05) is 17.1 Å². The van der Waals surface area contributed by atoms with Crippen LogP contribution >= 0.6 is 11.6 Å². The first-order valence-electron chi connectivity index (χ1n) is 7.78. The molecule has 0 radical (unpaired) electrons. The highest BCUT2D eigenvalue weighted by Crippen LogP contribution is 2.44. The Morgan fingerprint density at radius 2 is 2.17 bits per heavy atom. The molecule has 0 bridgehead atoms. The summed E-state index contributed by atoms with van der Waals surface area (Å²) in [5, 5.41) is 14.1. The lowest BCUT2D eigenvalue weighted by Gasteiger charge is -2.29. The Hall–Kier alpha value is -2.19. The molecule has 5 nitrogen and oxygen atoms in total. The molecule has 1 aromatic carbocycles. The molecule has 6 heteroatoms. The first kappa shape index (κ1) is 16.7. The fraction of sp³-hybridized carbons (Fsp3) is 0.444. The highest BCUT2D eigenvalue weighted by Gasteiger charge is 2.54. The summed E-state index contributed by atoms with van der Waals surface area (Å²) in [7, 11) is 0. The van der Waals surface area contributed by atoms with Gasteiger partial charge in [0.2, 0.25) is 6.23 Å². The van der Waals surface area contributed by atoms with E-state index in [1.165, 1.54) is 4.90 Å². The van der Waals surface area contributed by atoms with Gasteiger partial charge in [0.25, 0.3) is 0 Å². The number of hydrogen-bond donors (Lipinski definition) is 1. The Labute approximate surface area is 146 Å². The molecular formula is C18H19ClN2O3. The molecule has 3 unspecified atom stereocenters. The molecular weight excluding hydrogens is 328 g/mol. The third-order valence-corrected chi connectivity index (χ3v) is 4.77. The van der Waals surface area contributed by atoms with E-state index in [4.69, 9.17) is 16.4 Å². The third kappa shape index (κ3) is 3.07. The quantitative estimate of drug-likeness (QED) is 0.729. The number of fused-ring (bicyclic) bond motifs is 1. The van der Waals surface area contributed by atoms with Crippen LogP contribution in [0.2, 0.25) is 5.02 Å². The SMILES string of the molecule is CC(C)(C)C1CN(C(=O)O)C2ON=C(C#Cc3cccc(Cl)c3)C21. The van der Waals surface area contributed by atoms with E-state index in [9.17, 15) is 9.90 Å². The van der Waals surface area contributed by atoms with Crippen molar-refractivity contribution in [2.75, 3.05) is 6.54 Å². The molecule has 126 valence electrons. The van der Waals surface area contributed by atoms with Gasteiger partial charge in [0.05, 0.1) is 5.92 Å². The number of halogens is 1. The summed E-state index contributed by atoms with van der Waals surface area (Å²) in [4.78, 5) is 18.2. The Bertz CT molecular complexity index is 758. The summed E-state index contributed by atoms with van der Waals surface area (Å²) in [6.07, 6.45) is -1.58. The van der Waals surface area contributed by atoms with Crippen molar-refractivity contribution in [2.24, 2.45) is 22.4 Å². The van der Waals surface area contributed by atoms with E-state index in [1.54, 1.807) is 12.1 Å². The first-order valence-corrected chi connectivity index (χ1v) is 8.16. The maximum Gasteiger partial charge on any atom is 0.410 e. The number of oxime groups is 1. The second-order valence-electron chi connectivity index (χ2n) is 7.17. The molecule has 0 aliphatic carbocycles. The van der Waals surface area contributed by atoms with Crippen molar-refractivity contribution in [2.45, 2.75) is 27.0 Å². The number of amides is 1. The molecule has 1 aromatic rings. The molecule has 24 heavy (non-hydrogen) atoms. The smallest absolute Gasteiger partial charge is 0.410 e. The van der Waals surface area contributed by atoms with Crippen LogP contribution < -0.4 is 0 Å². The second-order valence-corrected chi connectivity index (χ2v) is 7.60. The zero-order valence-corrected chi connectivity index (χ0v) is 14.5. The Kier molecular flexibility index (Phi) is 4.18. The fourth-order valence-electron chi connectivity index (χ4n) is 3.25. The van der Waals surface area contributed by atoms with Crippen molar-refractivity contribution in [1.82, 2.24) is 4.90 Å². The van der Waals surface area contributed by atoms with Crippen molar-refractivity contribution >= 4 is 23.4 Å². The average Bonchev–Trinajstić information content (AvgIpc) is 3.04. The summed E-state index contributed by atoms with van der Waals surface area (Å²) in [5.74, 6) is 6.05. The monoisotopic (exact) mass is 346 g/mol. The van der Waals surface area contributed by atoms with Crippen molar-refractivity contribution in [3.63, 3.8) is 0 Å². The van der Waals surface area contributed by atoms with Crippen molar-refractivity contribution in [1.29, 1.82) is 0 Å². The van der Waals surface area contributed by atoms with Gasteiger partial charge in [-0.2, -0.15) is 0 Å². The van der Waals surface area contributed by atoms with Gasteiger partial charge >= 0.3 is 6.09 Å². The van der Waals surface area contributed by atoms with Crippen LogP contribution in [0.3, 0.4) is 0 Å². The Morgan fingerprint density at radius 3 is 2.79 bits per heavy atom. The fourth-order valence-corrected chi connectivity index (χ4v) is 3.44. The van der Waals surface area contributed by atoms with Crippen LogP contribution in [0.1, 0.15) is 26.3 Å². The summed E-state index contributed by atoms with van der Waals surface area (Å²) >= 11 is 5.97. The summed E-state index contributed by atoms with van der Waals surface area (Å²) in [5.41, 5.74) is 1.30. The molecule has 1 saturated heterocycles. The molecule has 0 aromatic heterocycles. The summed E-state index contributed by atoms with van der Waals surface area (Å²) < 4.78 is 0. The first-order chi connectivity index (χ1) is 11.3. The summed E-state index contributed by atoms with van der Waals surface area (Å²) in [6.45, 7) is 6.72. The van der Waals surface area contributed by atoms with Crippen molar-refractivity contribution < 1.29 is 14.7 Å². The van der Waals surface area contributed by atoms with Gasteiger partial charge in [-0.05, 0) is 35.5 Å². The molecule has 2 aliphatic rings. The number of carboxylic acid groups (broad SMARTS) is 1. The molecule has 3 rings (SSSR count). The van der Waals surface area contributed by atoms with Crippen LogP contribution in [0.4, 0.5) is 4.79 Å². The molecule has 2 aliphatic heterocycles. The summed E-state index contributed by atoms with van der Waals surface area (Å²) in [6, 6.07) is 7.27. The standard InChI is InChI=1S/C18H19ClN2O3/c1-18(2,3)13-10-21(17(22)23)16-15(13)14(20-24-16)8-7-11-5-4-6-12(19)9-11/h4-6,9,13,15-16H,10H2,1-3H3,(H,22,23). The normalized spacial score (nSPS) is 25.4. The topological polar surface area (TPSA) is 62.1 Å². The van der Waals surface area contributed by atoms with Crippen LogP contribution in [0.5, 0.6) is 0 Å². The zero-order valence-electron chi connectivity index (χ0n) is 13.8. The van der Waals surface area contributed by atoms with Crippen molar-refractivity contribution in [3.8, 4) is 11.8 Å². The number of benzene rings is 1. The van der Waals surface area contributed by atoms with E-state index in [2.05, 4.69) is 37.8 Å². The number of likely N-dealkylation sites (tertiary alicyclic amines) is 1. The Balaban J connectivity index is 1.90. The minimum absolute atomic E-state index is 0.0840. The van der Waals surface area contributed by atoms with Crippen LogP contribution in [0.15, 0.2) is 29.4 Å². The van der Waals surface area contributed by atoms with Crippen LogP contribution in [-0.4, -0.2) is 34.6 Å². The van der Waals surface area contributed by atoms with Gasteiger partial charge in [-0.25, -0.2) is 4.79 Å². The van der Waals surface area contributed by atoms with E-state index < -0.39 is 12.3 Å². The highest BCUT2D eigenvalue weighted by atomic mass is 35.5. The number of nitrogens with zero attached hydrogens (tertiary/aromatic N) is 2. The number of rotatable bonds is 0. The van der Waals surface area contributed by atoms with Gasteiger partial charge in [0.15, 0.2) is 0 Å². The van der Waals surface area contributed by atoms with E-state index in [0.29, 0.717) is 17.3 Å². The maximum absolute atomic E-state index is 11.5. The van der Waals surface area contributed by atoms with E-state index in [1.807, 2.05) is 12.1 Å². The van der Waals surface area contributed by atoms with Crippen molar-refractivity contribution in [3.05, 3.63) is 34.9 Å². The molecule has 1 amide bonds. The van der Waals surface area contributed by atoms with Crippen LogP contribution in [-0.2, 0) is 4.84 Å². The molecule has 0 spiro atoms. The van der Waals surface area contributed by atoms with Gasteiger partial charge in [-0.3, -0.25) is 4.90 Å². The largest absolute Gasteiger partial charge is 0.465 e. The number of carbonyl (C=O) groups is 1. The third-order valence-electron chi connectivity index (χ3n) is 4.53. The maximum atomic E-state index is 11.5. The predicted molar refractivity (Wildman–Crippen MR) is 91.8 cm³/mol. The predicted octanol–water partition coefficient (Wildman–Crippen LogP) is 3.68. The molecule has 1 fully saturated rings. The Morgan fingerprint density at radius 1 is 1.42 bits per heavy atom. The number of hydrogen-bond acceptors (Lipinski definition) is 3. The van der Waals surface area contributed by atoms with Gasteiger partial charge in [0.1, 0.15) is 5.71 Å². The van der Waals surface area contributed by atoms with E-state index in [-0.39, 0.29) is 17.3 Å². The van der Waals surface area contributed by atoms with Gasteiger partial charge in [-0.15, -0.1) is 0 Å². The van der Waals surface area contributed by atoms with Gasteiger partial charge < -0.3 is 9.94 Å². The lowest BCUT2D eigenvalue weighted by molar-refractivity contribution is -0.0184. The van der Waals surface area contributed by atoms with Crippen LogP contribution in [0.25, 0.3) is 0 Å². The molecule has 1 N–H and O–H groups in total. The average molecular weight is 347 g/mol. The van der Waals surface area contributed by atoms with E-state index in [0.717, 1.165) is 5.56 Å². The lowest BCUT2D eigenvalue weighted by Crippen LogP contribution is -2.36. The van der Waals surface area contributed by atoms with E-state index >= 15 is 0 Å². The van der Waals surface area contributed by atoms with Gasteiger partial charge in [-0.1, -0.05) is 49.5 Å². The molecule has 3 atom stereocenters. The molecule has 2 heterocycles.